The molecular weight excluding hydrogens is 422 g/mol. The van der Waals surface area contributed by atoms with Crippen molar-refractivity contribution in [3.05, 3.63) is 23.8 Å². The molecule has 0 aliphatic carbocycles. The van der Waals surface area contributed by atoms with Crippen LogP contribution in [0.3, 0.4) is 0 Å². The van der Waals surface area contributed by atoms with E-state index < -0.39 is 5.97 Å². The Morgan fingerprint density at radius 2 is 1.77 bits per heavy atom. The second-order valence-electron chi connectivity index (χ2n) is 7.47. The Morgan fingerprint density at radius 3 is 2.45 bits per heavy atom. The third-order valence-electron chi connectivity index (χ3n) is 4.92. The van der Waals surface area contributed by atoms with E-state index >= 15 is 0 Å². The number of amides is 1. The Morgan fingerprint density at radius 1 is 1.03 bits per heavy atom. The molecule has 0 aliphatic rings. The van der Waals surface area contributed by atoms with Gasteiger partial charge in [0.1, 0.15) is 0 Å². The molecule has 1 aromatic rings. The maximum absolute atomic E-state index is 11.9. The number of nitrogens with one attached hydrogen (secondary N) is 1. The van der Waals surface area contributed by atoms with Gasteiger partial charge in [0, 0.05) is 32.6 Å². The molecule has 1 amide bonds. The largest absolute Gasteiger partial charge is 0.493 e. The predicted octanol–water partition coefficient (Wildman–Crippen LogP) is 4.25. The summed E-state index contributed by atoms with van der Waals surface area (Å²) in [5.74, 6) is 0.468. The molecule has 0 aliphatic heterocycles. The number of carboxylic acids is 1. The maximum atomic E-state index is 11.9. The van der Waals surface area contributed by atoms with Gasteiger partial charge in [-0.25, -0.2) is 0 Å². The second kappa shape index (κ2) is 17.7. The summed E-state index contributed by atoms with van der Waals surface area (Å²) in [5, 5.41) is 11.3. The molecule has 178 valence electrons. The fraction of sp³-hybridized carbons (Fsp3) is 0.652. The fourth-order valence-electron chi connectivity index (χ4n) is 3.11. The van der Waals surface area contributed by atoms with Crippen molar-refractivity contribution in [2.45, 2.75) is 58.3 Å². The minimum absolute atomic E-state index is 0. The number of hydrogen-bond acceptors (Lipinski definition) is 5. The summed E-state index contributed by atoms with van der Waals surface area (Å²) in [6.45, 7) is 3.35. The van der Waals surface area contributed by atoms with Crippen molar-refractivity contribution in [2.24, 2.45) is 5.92 Å². The smallest absolute Gasteiger partial charge is 0.305 e. The normalized spacial score (nSPS) is 11.3. The summed E-state index contributed by atoms with van der Waals surface area (Å²) in [5.41, 5.74) is 1.23. The monoisotopic (exact) mass is 459 g/mol. The zero-order valence-corrected chi connectivity index (χ0v) is 19.8. The van der Waals surface area contributed by atoms with Crippen LogP contribution in [-0.4, -0.2) is 51.0 Å². The van der Waals surface area contributed by atoms with Crippen LogP contribution in [0, 0.1) is 5.92 Å². The van der Waals surface area contributed by atoms with E-state index in [1.165, 1.54) is 5.56 Å². The molecule has 0 unspecified atom stereocenters. The molecule has 0 spiro atoms. The highest BCUT2D eigenvalue weighted by atomic mass is 35.5. The SMILES string of the molecule is COCCCOc1cc(CCCCCC[C@@H](C)C(=O)NCCC(=O)O)ccc1OC.Cl. The van der Waals surface area contributed by atoms with Crippen molar-refractivity contribution in [3.63, 3.8) is 0 Å². The van der Waals surface area contributed by atoms with E-state index in [4.69, 9.17) is 19.3 Å². The molecule has 0 saturated carbocycles. The summed E-state index contributed by atoms with van der Waals surface area (Å²) < 4.78 is 16.2. The molecule has 1 rings (SSSR count). The zero-order valence-electron chi connectivity index (χ0n) is 19.0. The number of carboxylic acid groups (broad SMARTS) is 1. The quantitative estimate of drug-likeness (QED) is 0.338. The average molecular weight is 460 g/mol. The topological polar surface area (TPSA) is 94.1 Å². The van der Waals surface area contributed by atoms with Gasteiger partial charge >= 0.3 is 5.97 Å². The van der Waals surface area contributed by atoms with Gasteiger partial charge in [0.2, 0.25) is 5.91 Å². The van der Waals surface area contributed by atoms with E-state index in [-0.39, 0.29) is 37.2 Å². The predicted molar refractivity (Wildman–Crippen MR) is 123 cm³/mol. The first-order valence-corrected chi connectivity index (χ1v) is 10.8. The van der Waals surface area contributed by atoms with Crippen molar-refractivity contribution in [2.75, 3.05) is 34.0 Å². The van der Waals surface area contributed by atoms with Crippen LogP contribution in [0.1, 0.15) is 57.4 Å². The van der Waals surface area contributed by atoms with Crippen LogP contribution in [-0.2, 0) is 20.7 Å². The molecule has 1 atom stereocenters. The number of unbranched alkanes of at least 4 members (excludes halogenated alkanes) is 3. The lowest BCUT2D eigenvalue weighted by Gasteiger charge is -2.13. The molecule has 0 heterocycles. The first-order valence-electron chi connectivity index (χ1n) is 10.8. The van der Waals surface area contributed by atoms with Gasteiger partial charge in [-0.2, -0.15) is 0 Å². The molecule has 31 heavy (non-hydrogen) atoms. The van der Waals surface area contributed by atoms with Crippen LogP contribution in [0.15, 0.2) is 18.2 Å². The van der Waals surface area contributed by atoms with Crippen molar-refractivity contribution in [1.29, 1.82) is 0 Å². The summed E-state index contributed by atoms with van der Waals surface area (Å²) >= 11 is 0. The van der Waals surface area contributed by atoms with Crippen LogP contribution < -0.4 is 14.8 Å². The van der Waals surface area contributed by atoms with Gasteiger partial charge in [-0.3, -0.25) is 9.59 Å². The van der Waals surface area contributed by atoms with Gasteiger partial charge in [0.25, 0.3) is 0 Å². The number of rotatable bonds is 17. The minimum atomic E-state index is -0.899. The van der Waals surface area contributed by atoms with Gasteiger partial charge < -0.3 is 24.6 Å². The summed E-state index contributed by atoms with van der Waals surface area (Å²) in [6, 6.07) is 6.07. The van der Waals surface area contributed by atoms with Crippen LogP contribution in [0.4, 0.5) is 0 Å². The zero-order chi connectivity index (χ0) is 22.2. The first kappa shape index (κ1) is 29.0. The van der Waals surface area contributed by atoms with Crippen LogP contribution in [0.25, 0.3) is 0 Å². The number of carbonyl (C=O) groups is 2. The number of ether oxygens (including phenoxy) is 3. The minimum Gasteiger partial charge on any atom is -0.493 e. The molecule has 0 fully saturated rings. The Hall–Kier alpha value is -1.99. The van der Waals surface area contributed by atoms with Crippen molar-refractivity contribution in [3.8, 4) is 11.5 Å². The molecule has 1 aromatic carbocycles. The summed E-state index contributed by atoms with van der Waals surface area (Å²) in [4.78, 5) is 22.4. The van der Waals surface area contributed by atoms with Crippen molar-refractivity contribution >= 4 is 24.3 Å². The third-order valence-corrected chi connectivity index (χ3v) is 4.92. The Kier molecular flexibility index (Phi) is 16.5. The second-order valence-corrected chi connectivity index (χ2v) is 7.47. The number of halogens is 1. The lowest BCUT2D eigenvalue weighted by Crippen LogP contribution is -2.31. The molecule has 0 bridgehead atoms. The van der Waals surface area contributed by atoms with Gasteiger partial charge in [-0.05, 0) is 37.0 Å². The Bertz CT molecular complexity index is 640. The first-order chi connectivity index (χ1) is 14.5. The molecule has 8 heteroatoms. The highest BCUT2D eigenvalue weighted by Crippen LogP contribution is 2.29. The summed E-state index contributed by atoms with van der Waals surface area (Å²) in [6.07, 6.45) is 6.83. The van der Waals surface area contributed by atoms with Gasteiger partial charge in [-0.1, -0.05) is 32.3 Å². The number of aryl methyl sites for hydroxylation is 1. The van der Waals surface area contributed by atoms with E-state index in [0.717, 1.165) is 56.4 Å². The molecule has 0 aromatic heterocycles. The van der Waals surface area contributed by atoms with Crippen LogP contribution in [0.5, 0.6) is 11.5 Å². The Labute approximate surface area is 192 Å². The van der Waals surface area contributed by atoms with Gasteiger partial charge in [0.05, 0.1) is 20.1 Å². The van der Waals surface area contributed by atoms with E-state index in [1.807, 2.05) is 13.0 Å². The fourth-order valence-corrected chi connectivity index (χ4v) is 3.11. The van der Waals surface area contributed by atoms with Crippen molar-refractivity contribution < 1.29 is 28.9 Å². The highest BCUT2D eigenvalue weighted by molar-refractivity contribution is 5.85. The Balaban J connectivity index is 0.00000900. The van der Waals surface area contributed by atoms with E-state index in [2.05, 4.69) is 17.4 Å². The van der Waals surface area contributed by atoms with Crippen LogP contribution >= 0.6 is 12.4 Å². The third kappa shape index (κ3) is 13.1. The average Bonchev–Trinajstić information content (AvgIpc) is 2.73. The number of methoxy groups -OCH3 is 2. The standard InChI is InChI=1S/C23H37NO6.ClH/c1-18(23(27)24-14-13-22(25)26)9-6-4-5-7-10-19-11-12-20(29-3)21(17-19)30-16-8-15-28-2;/h11-12,17-18H,4-10,13-16H2,1-3H3,(H,24,27)(H,25,26);1H/t18-;/m1./s1. The molecule has 2 N–H and O–H groups in total. The molecule has 7 nitrogen and oxygen atoms in total. The number of benzene rings is 1. The van der Waals surface area contributed by atoms with Crippen LogP contribution in [0.2, 0.25) is 0 Å². The number of carbonyl (C=O) groups excluding carboxylic acids is 1. The molecule has 0 saturated heterocycles. The van der Waals surface area contributed by atoms with E-state index in [0.29, 0.717) is 13.2 Å². The molecule has 0 radical (unpaired) electrons. The lowest BCUT2D eigenvalue weighted by molar-refractivity contribution is -0.137. The lowest BCUT2D eigenvalue weighted by atomic mass is 10.00. The molecular formula is C23H38ClNO6. The highest BCUT2D eigenvalue weighted by Gasteiger charge is 2.12. The number of aliphatic carboxylic acids is 1. The maximum Gasteiger partial charge on any atom is 0.305 e. The number of hydrogen-bond donors (Lipinski definition) is 2. The van der Waals surface area contributed by atoms with Gasteiger partial charge in [0.15, 0.2) is 11.5 Å². The van der Waals surface area contributed by atoms with E-state index in [1.54, 1.807) is 14.2 Å². The van der Waals surface area contributed by atoms with Crippen molar-refractivity contribution in [1.82, 2.24) is 5.32 Å². The van der Waals surface area contributed by atoms with E-state index in [9.17, 15) is 9.59 Å². The summed E-state index contributed by atoms with van der Waals surface area (Å²) in [7, 11) is 3.32. The van der Waals surface area contributed by atoms with Gasteiger partial charge in [-0.15, -0.1) is 12.4 Å².